The highest BCUT2D eigenvalue weighted by molar-refractivity contribution is 6.14. The first-order valence-electron chi connectivity index (χ1n) is 32.5. The van der Waals surface area contributed by atoms with Crippen LogP contribution in [0.1, 0.15) is 16.7 Å². The van der Waals surface area contributed by atoms with Crippen molar-refractivity contribution in [3.8, 4) is 142 Å². The Labute approximate surface area is 566 Å². The summed E-state index contributed by atoms with van der Waals surface area (Å²) in [6.07, 6.45) is 0. The van der Waals surface area contributed by atoms with Crippen LogP contribution in [0.3, 0.4) is 0 Å². The van der Waals surface area contributed by atoms with E-state index in [1.807, 2.05) is 109 Å². The summed E-state index contributed by atoms with van der Waals surface area (Å²) in [6.45, 7) is 0. The van der Waals surface area contributed by atoms with Gasteiger partial charge in [-0.1, -0.05) is 212 Å². The fourth-order valence-corrected chi connectivity index (χ4v) is 14.0. The Morgan fingerprint density at radius 1 is 0.214 bits per heavy atom. The molecule has 98 heavy (non-hydrogen) atoms. The van der Waals surface area contributed by atoms with Gasteiger partial charge in [0.15, 0.2) is 17.5 Å². The van der Waals surface area contributed by atoms with Crippen LogP contribution in [0.5, 0.6) is 0 Å². The van der Waals surface area contributed by atoms with Crippen molar-refractivity contribution in [2.75, 3.05) is 0 Å². The van der Waals surface area contributed by atoms with Gasteiger partial charge in [0, 0.05) is 60.5 Å². The van der Waals surface area contributed by atoms with Gasteiger partial charge in [-0.15, -0.1) is 0 Å². The van der Waals surface area contributed by atoms with Gasteiger partial charge in [-0.2, -0.15) is 15.8 Å². The zero-order chi connectivity index (χ0) is 65.6. The minimum absolute atomic E-state index is 0.403. The fraction of sp³-hybridized carbons (Fsp3) is 0. The monoisotopic (exact) mass is 1250 g/mol. The number of benzene rings is 14. The molecule has 0 N–H and O–H groups in total. The van der Waals surface area contributed by atoms with Crippen LogP contribution in [0.2, 0.25) is 0 Å². The van der Waals surface area contributed by atoms with E-state index in [4.69, 9.17) is 15.0 Å². The molecule has 0 radical (unpaired) electrons. The van der Waals surface area contributed by atoms with Crippen LogP contribution in [0, 0.1) is 34.0 Å². The van der Waals surface area contributed by atoms with E-state index < -0.39 is 0 Å². The third kappa shape index (κ3) is 10.4. The Morgan fingerprint density at radius 2 is 0.510 bits per heavy atom. The summed E-state index contributed by atoms with van der Waals surface area (Å²) in [5, 5.41) is 36.3. The molecule has 8 nitrogen and oxygen atoms in total. The number of aromatic nitrogens is 5. The first-order chi connectivity index (χ1) is 48.4. The molecule has 0 unspecified atom stereocenters. The maximum atomic E-state index is 11.0. The summed E-state index contributed by atoms with van der Waals surface area (Å²) in [5.41, 5.74) is 23.2. The van der Waals surface area contributed by atoms with Crippen molar-refractivity contribution in [3.63, 3.8) is 0 Å². The van der Waals surface area contributed by atoms with Crippen LogP contribution >= 0.6 is 0 Å². The predicted molar refractivity (Wildman–Crippen MR) is 397 cm³/mol. The topological polar surface area (TPSA) is 120 Å². The molecule has 0 atom stereocenters. The van der Waals surface area contributed by atoms with Gasteiger partial charge in [-0.25, -0.2) is 15.0 Å². The molecule has 0 saturated carbocycles. The quantitative estimate of drug-likeness (QED) is 0.120. The molecule has 0 bridgehead atoms. The number of rotatable bonds is 12. The third-order valence-electron chi connectivity index (χ3n) is 18.7. The highest BCUT2D eigenvalue weighted by Gasteiger charge is 2.25. The molecular weight excluding hydrogens is 1190 g/mol. The molecule has 3 aromatic heterocycles. The van der Waals surface area contributed by atoms with Crippen LogP contribution < -0.4 is 0 Å². The zero-order valence-corrected chi connectivity index (χ0v) is 52.8. The van der Waals surface area contributed by atoms with Gasteiger partial charge in [-0.3, -0.25) is 0 Å². The lowest BCUT2D eigenvalue weighted by atomic mass is 9.95. The normalized spacial score (nSPS) is 11.2. The average Bonchev–Trinajstić information content (AvgIpc) is 1.63. The molecule has 17 rings (SSSR count). The number of nitrogens with zero attached hydrogens (tertiary/aromatic N) is 8. The molecule has 0 saturated heterocycles. The Bertz CT molecular complexity index is 5630. The minimum atomic E-state index is 0.403. The summed E-state index contributed by atoms with van der Waals surface area (Å²) in [4.78, 5) is 16.3. The maximum absolute atomic E-state index is 11.0. The van der Waals surface area contributed by atoms with Gasteiger partial charge in [0.2, 0.25) is 0 Å². The van der Waals surface area contributed by atoms with E-state index in [1.165, 1.54) is 0 Å². The van der Waals surface area contributed by atoms with Crippen molar-refractivity contribution in [1.82, 2.24) is 24.1 Å². The van der Waals surface area contributed by atoms with E-state index in [2.05, 4.69) is 240 Å². The average molecular weight is 1250 g/mol. The highest BCUT2D eigenvalue weighted by atomic mass is 15.0. The minimum Gasteiger partial charge on any atom is -0.309 e. The number of fused-ring (bicyclic) bond motifs is 6. The van der Waals surface area contributed by atoms with Crippen LogP contribution in [-0.4, -0.2) is 24.1 Å². The lowest BCUT2D eigenvalue weighted by Crippen LogP contribution is -2.03. The SMILES string of the molecule is N#Cc1cccc(-c2cccc(-c3nc(-c4ccc(-n5c6ccc(-c7ccccc7)cc6c6cc(-c7ccccc7)ccc65)c(-c5ccccc5C#N)c4)nc(-c4ccc(-n5c6ccc(-c7ccccc7)cc6c6cc(-c7ccccc7)ccc65)c(-c5ccccc5C#N)c4)n3)c2)c1. The van der Waals surface area contributed by atoms with Gasteiger partial charge < -0.3 is 9.13 Å². The first-order valence-corrected chi connectivity index (χ1v) is 32.5. The molecule has 0 aliphatic heterocycles. The van der Waals surface area contributed by atoms with Crippen molar-refractivity contribution in [1.29, 1.82) is 15.8 Å². The van der Waals surface area contributed by atoms with Gasteiger partial charge in [0.05, 0.1) is 68.3 Å². The first kappa shape index (κ1) is 58.0. The van der Waals surface area contributed by atoms with Crippen LogP contribution in [0.25, 0.3) is 167 Å². The van der Waals surface area contributed by atoms with E-state index in [0.29, 0.717) is 45.3 Å². The van der Waals surface area contributed by atoms with Gasteiger partial charge in [0.1, 0.15) is 0 Å². The standard InChI is InChI=1S/C90H54N8/c91-55-58-19-17-30-63(47-58)64-31-18-32-69(48-64)88-94-89(70-39-45-82(76(53-70)74-33-15-13-28-72(74)56-92)97-84-41-35-65(59-20-5-1-6-21-59)49-78(84)79-50-66(36-42-85(79)97)60-22-7-2-8-23-60)96-90(95-88)71-40-46-83(77(54-71)75-34-16-14-29-73(75)57-93)98-86-43-37-67(61-24-9-3-10-25-61)51-80(86)81-52-68(38-44-87(81)98)62-26-11-4-12-27-62/h1-54H. The van der Waals surface area contributed by atoms with Crippen molar-refractivity contribution in [2.45, 2.75) is 0 Å². The van der Waals surface area contributed by atoms with Gasteiger partial charge >= 0.3 is 0 Å². The van der Waals surface area contributed by atoms with E-state index >= 15 is 0 Å². The molecule has 3 heterocycles. The van der Waals surface area contributed by atoms with E-state index in [-0.39, 0.29) is 0 Å². The van der Waals surface area contributed by atoms with Crippen LogP contribution in [0.4, 0.5) is 0 Å². The molecule has 17 aromatic rings. The summed E-state index contributed by atoms with van der Waals surface area (Å²) >= 11 is 0. The Hall–Kier alpha value is -13.8. The van der Waals surface area contributed by atoms with E-state index in [9.17, 15) is 15.8 Å². The molecule has 0 aliphatic carbocycles. The predicted octanol–water partition coefficient (Wildman–Crippen LogP) is 22.4. The molecule has 0 aliphatic rings. The maximum Gasteiger partial charge on any atom is 0.164 e. The zero-order valence-electron chi connectivity index (χ0n) is 52.8. The second kappa shape index (κ2) is 24.6. The van der Waals surface area contributed by atoms with E-state index in [1.54, 1.807) is 6.07 Å². The fourth-order valence-electron chi connectivity index (χ4n) is 14.0. The largest absolute Gasteiger partial charge is 0.309 e. The lowest BCUT2D eigenvalue weighted by molar-refractivity contribution is 1.07. The van der Waals surface area contributed by atoms with Crippen LogP contribution in [-0.2, 0) is 0 Å². The Balaban J connectivity index is 0.895. The number of hydrogen-bond donors (Lipinski definition) is 0. The van der Waals surface area contributed by atoms with Crippen molar-refractivity contribution in [3.05, 3.63) is 344 Å². The highest BCUT2D eigenvalue weighted by Crippen LogP contribution is 2.45. The number of nitriles is 3. The second-order valence-corrected chi connectivity index (χ2v) is 24.4. The summed E-state index contributed by atoms with van der Waals surface area (Å²) < 4.78 is 4.64. The summed E-state index contributed by atoms with van der Waals surface area (Å²) in [7, 11) is 0. The van der Waals surface area contributed by atoms with E-state index in [0.717, 1.165) is 138 Å². The molecule has 8 heteroatoms. The second-order valence-electron chi connectivity index (χ2n) is 24.4. The number of hydrogen-bond acceptors (Lipinski definition) is 6. The smallest absolute Gasteiger partial charge is 0.164 e. The van der Waals surface area contributed by atoms with Gasteiger partial charge in [0.25, 0.3) is 0 Å². The van der Waals surface area contributed by atoms with Crippen molar-refractivity contribution in [2.24, 2.45) is 0 Å². The van der Waals surface area contributed by atoms with Crippen molar-refractivity contribution < 1.29 is 0 Å². The molecule has 0 spiro atoms. The molecule has 14 aromatic carbocycles. The van der Waals surface area contributed by atoms with Gasteiger partial charge in [-0.05, 0) is 171 Å². The third-order valence-corrected chi connectivity index (χ3v) is 18.7. The molecule has 0 fully saturated rings. The Morgan fingerprint density at radius 3 is 0.878 bits per heavy atom. The summed E-state index contributed by atoms with van der Waals surface area (Å²) in [6, 6.07) is 120. The molecule has 0 amide bonds. The lowest BCUT2D eigenvalue weighted by Gasteiger charge is -2.18. The Kier molecular flexibility index (Phi) is 14.5. The van der Waals surface area contributed by atoms with Crippen molar-refractivity contribution >= 4 is 43.6 Å². The molecular formula is C90H54N8. The summed E-state index contributed by atoms with van der Waals surface area (Å²) in [5.74, 6) is 1.23. The van der Waals surface area contributed by atoms with Crippen LogP contribution in [0.15, 0.2) is 328 Å². The molecule has 454 valence electrons.